The Hall–Kier alpha value is -2.90. The molecule has 0 fully saturated rings. The summed E-state index contributed by atoms with van der Waals surface area (Å²) in [5, 5.41) is 15.3. The zero-order valence-corrected chi connectivity index (χ0v) is 15.5. The highest BCUT2D eigenvalue weighted by atomic mass is 19.4. The molecule has 7 heteroatoms. The summed E-state index contributed by atoms with van der Waals surface area (Å²) >= 11 is 0. The topological polar surface area (TPSA) is 72.5 Å². The summed E-state index contributed by atoms with van der Waals surface area (Å²) in [5.74, 6) is 2.35. The number of hydrogen-bond donors (Lipinski definition) is 2. The molecule has 3 N–H and O–H groups in total. The van der Waals surface area contributed by atoms with E-state index in [-0.39, 0.29) is 0 Å². The van der Waals surface area contributed by atoms with Crippen LogP contribution in [0.15, 0.2) is 54.6 Å². The molecular formula is C22H20F3NO3. The molecule has 0 heterocycles. The van der Waals surface area contributed by atoms with E-state index in [1.165, 1.54) is 37.9 Å². The van der Waals surface area contributed by atoms with E-state index in [0.29, 0.717) is 6.61 Å². The molecule has 0 aliphatic rings. The fourth-order valence-electron chi connectivity index (χ4n) is 3.54. The molecule has 0 spiro atoms. The first-order valence-corrected chi connectivity index (χ1v) is 9.10. The molecule has 29 heavy (non-hydrogen) atoms. The first-order valence-electron chi connectivity index (χ1n) is 9.10. The lowest BCUT2D eigenvalue weighted by Gasteiger charge is -2.14. The first-order chi connectivity index (χ1) is 13.8. The van der Waals surface area contributed by atoms with E-state index in [4.69, 9.17) is 15.8 Å². The summed E-state index contributed by atoms with van der Waals surface area (Å²) in [6, 6.07) is 20.0. The number of rotatable bonds is 5. The summed E-state index contributed by atoms with van der Waals surface area (Å²) in [4.78, 5) is 13.6. The molecule has 4 aromatic carbocycles. The SMILES string of the molecule is NOCCCCc1cc2cccc3ccc4cccc1c4c32.O=C(O)C(F)(F)F. The first kappa shape index (κ1) is 20.8. The molecule has 0 atom stereocenters. The standard InChI is InChI=1S/C20H19NO.C2HF3O2/c21-22-12-2-1-5-16-13-17-8-3-6-14-10-11-15-7-4-9-18(16)20(15)19(14)17;3-2(4,5)1(6)7/h3-4,6-11,13H,1-2,5,12,21H2;(H,6,7). The van der Waals surface area contributed by atoms with Crippen molar-refractivity contribution in [1.29, 1.82) is 0 Å². The molecule has 0 unspecified atom stereocenters. The van der Waals surface area contributed by atoms with Crippen molar-refractivity contribution >= 4 is 38.3 Å². The van der Waals surface area contributed by atoms with Crippen LogP contribution in [-0.2, 0) is 16.1 Å². The number of carboxylic acids is 1. The van der Waals surface area contributed by atoms with E-state index in [2.05, 4.69) is 59.4 Å². The lowest BCUT2D eigenvalue weighted by Crippen LogP contribution is -2.21. The highest BCUT2D eigenvalue weighted by Crippen LogP contribution is 2.36. The van der Waals surface area contributed by atoms with E-state index in [1.54, 1.807) is 0 Å². The number of halogens is 3. The second kappa shape index (κ2) is 8.63. The third-order valence-electron chi connectivity index (χ3n) is 4.79. The lowest BCUT2D eigenvalue weighted by molar-refractivity contribution is -0.192. The highest BCUT2D eigenvalue weighted by molar-refractivity contribution is 6.23. The van der Waals surface area contributed by atoms with Crippen molar-refractivity contribution in [3.63, 3.8) is 0 Å². The fourth-order valence-corrected chi connectivity index (χ4v) is 3.54. The third kappa shape index (κ3) is 4.58. The number of carbonyl (C=O) groups is 1. The summed E-state index contributed by atoms with van der Waals surface area (Å²) < 4.78 is 31.7. The molecular weight excluding hydrogens is 383 g/mol. The maximum absolute atomic E-state index is 10.6. The Labute approximate surface area is 165 Å². The van der Waals surface area contributed by atoms with E-state index >= 15 is 0 Å². The van der Waals surface area contributed by atoms with Gasteiger partial charge in [-0.2, -0.15) is 13.2 Å². The number of benzene rings is 4. The molecule has 0 amide bonds. The summed E-state index contributed by atoms with van der Waals surface area (Å²) in [6.45, 7) is 0.629. The Balaban J connectivity index is 0.000000298. The van der Waals surface area contributed by atoms with Crippen LogP contribution in [0.4, 0.5) is 13.2 Å². The van der Waals surface area contributed by atoms with E-state index in [1.807, 2.05) is 0 Å². The minimum Gasteiger partial charge on any atom is -0.475 e. The molecule has 0 aliphatic heterocycles. The summed E-state index contributed by atoms with van der Waals surface area (Å²) in [7, 11) is 0. The van der Waals surface area contributed by atoms with Gasteiger partial charge in [0, 0.05) is 0 Å². The number of alkyl halides is 3. The van der Waals surface area contributed by atoms with Crippen LogP contribution in [-0.4, -0.2) is 23.9 Å². The zero-order valence-electron chi connectivity index (χ0n) is 15.5. The maximum atomic E-state index is 10.6. The molecule has 4 nitrogen and oxygen atoms in total. The van der Waals surface area contributed by atoms with Gasteiger partial charge in [-0.1, -0.05) is 54.6 Å². The summed E-state index contributed by atoms with van der Waals surface area (Å²) in [6.07, 6.45) is -1.93. The van der Waals surface area contributed by atoms with Crippen molar-refractivity contribution in [1.82, 2.24) is 0 Å². The van der Waals surface area contributed by atoms with Gasteiger partial charge in [0.25, 0.3) is 0 Å². The number of aryl methyl sites for hydroxylation is 1. The molecule has 0 aliphatic carbocycles. The second-order valence-electron chi connectivity index (χ2n) is 6.71. The highest BCUT2D eigenvalue weighted by Gasteiger charge is 2.38. The van der Waals surface area contributed by atoms with Gasteiger partial charge in [-0.3, -0.25) is 0 Å². The average Bonchev–Trinajstić information content (AvgIpc) is 2.69. The number of hydrogen-bond acceptors (Lipinski definition) is 3. The van der Waals surface area contributed by atoms with E-state index in [0.717, 1.165) is 19.3 Å². The van der Waals surface area contributed by atoms with Gasteiger partial charge in [0.2, 0.25) is 0 Å². The van der Waals surface area contributed by atoms with Crippen LogP contribution in [0.25, 0.3) is 32.3 Å². The van der Waals surface area contributed by atoms with Gasteiger partial charge in [-0.15, -0.1) is 0 Å². The number of carboxylic acid groups (broad SMARTS) is 1. The Bertz CT molecular complexity index is 1120. The Morgan fingerprint density at radius 3 is 2.14 bits per heavy atom. The predicted octanol–water partition coefficient (Wildman–Crippen LogP) is 5.43. The van der Waals surface area contributed by atoms with Gasteiger partial charge in [0.15, 0.2) is 0 Å². The summed E-state index contributed by atoms with van der Waals surface area (Å²) in [5.41, 5.74) is 1.42. The van der Waals surface area contributed by atoms with Gasteiger partial charge in [0.1, 0.15) is 0 Å². The number of nitrogens with two attached hydrogens (primary N) is 1. The minimum atomic E-state index is -5.08. The van der Waals surface area contributed by atoms with Crippen molar-refractivity contribution in [2.24, 2.45) is 5.90 Å². The minimum absolute atomic E-state index is 0.629. The second-order valence-corrected chi connectivity index (χ2v) is 6.71. The molecule has 0 saturated carbocycles. The number of unbranched alkanes of at least 4 members (excludes halogenated alkanes) is 1. The third-order valence-corrected chi connectivity index (χ3v) is 4.79. The maximum Gasteiger partial charge on any atom is 0.490 e. The van der Waals surface area contributed by atoms with Crippen molar-refractivity contribution in [3.05, 3.63) is 60.2 Å². The molecule has 4 rings (SSSR count). The zero-order chi connectivity index (χ0) is 21.0. The molecule has 0 bridgehead atoms. The average molecular weight is 403 g/mol. The van der Waals surface area contributed by atoms with Gasteiger partial charge in [-0.25, -0.2) is 10.7 Å². The predicted molar refractivity (Wildman–Crippen MR) is 107 cm³/mol. The van der Waals surface area contributed by atoms with Crippen LogP contribution in [0.2, 0.25) is 0 Å². The van der Waals surface area contributed by atoms with E-state index < -0.39 is 12.1 Å². The molecule has 152 valence electrons. The smallest absolute Gasteiger partial charge is 0.475 e. The number of aliphatic carboxylic acids is 1. The molecule has 0 aromatic heterocycles. The molecule has 0 radical (unpaired) electrons. The van der Waals surface area contributed by atoms with Crippen LogP contribution in [0.1, 0.15) is 18.4 Å². The van der Waals surface area contributed by atoms with Crippen molar-refractivity contribution in [2.75, 3.05) is 6.61 Å². The Kier molecular flexibility index (Phi) is 6.20. The van der Waals surface area contributed by atoms with Gasteiger partial charge in [-0.05, 0) is 57.1 Å². The monoisotopic (exact) mass is 403 g/mol. The van der Waals surface area contributed by atoms with Crippen LogP contribution in [0.5, 0.6) is 0 Å². The molecule has 4 aromatic rings. The van der Waals surface area contributed by atoms with Crippen molar-refractivity contribution in [3.8, 4) is 0 Å². The largest absolute Gasteiger partial charge is 0.490 e. The van der Waals surface area contributed by atoms with Gasteiger partial charge in [0.05, 0.1) is 6.61 Å². The van der Waals surface area contributed by atoms with Gasteiger partial charge >= 0.3 is 12.1 Å². The van der Waals surface area contributed by atoms with Crippen LogP contribution >= 0.6 is 0 Å². The Morgan fingerprint density at radius 1 is 0.931 bits per heavy atom. The van der Waals surface area contributed by atoms with Crippen LogP contribution in [0.3, 0.4) is 0 Å². The fraction of sp³-hybridized carbons (Fsp3) is 0.227. The van der Waals surface area contributed by atoms with Crippen molar-refractivity contribution < 1.29 is 27.9 Å². The quantitative estimate of drug-likeness (QED) is 0.265. The van der Waals surface area contributed by atoms with Gasteiger partial charge < -0.3 is 9.94 Å². The van der Waals surface area contributed by atoms with E-state index in [9.17, 15) is 13.2 Å². The Morgan fingerprint density at radius 2 is 1.52 bits per heavy atom. The van der Waals surface area contributed by atoms with Crippen LogP contribution in [0, 0.1) is 0 Å². The molecule has 0 saturated heterocycles. The van der Waals surface area contributed by atoms with Crippen LogP contribution < -0.4 is 5.90 Å². The lowest BCUT2D eigenvalue weighted by atomic mass is 9.90. The normalized spacial score (nSPS) is 11.7. The van der Waals surface area contributed by atoms with Crippen molar-refractivity contribution in [2.45, 2.75) is 25.4 Å².